The highest BCUT2D eigenvalue weighted by molar-refractivity contribution is 5.94. The van der Waals surface area contributed by atoms with E-state index in [0.717, 1.165) is 49.7 Å². The van der Waals surface area contributed by atoms with Crippen LogP contribution in [0.1, 0.15) is 29.2 Å². The smallest absolute Gasteiger partial charge is 0.258 e. The summed E-state index contributed by atoms with van der Waals surface area (Å²) in [6, 6.07) is 13.7. The van der Waals surface area contributed by atoms with Crippen molar-refractivity contribution in [2.45, 2.75) is 25.8 Å². The van der Waals surface area contributed by atoms with Gasteiger partial charge in [0.2, 0.25) is 5.91 Å². The van der Waals surface area contributed by atoms with Gasteiger partial charge in [-0.25, -0.2) is 0 Å². The molecule has 0 radical (unpaired) electrons. The molecule has 0 bridgehead atoms. The number of ether oxygens (including phenoxy) is 2. The molecular weight excluding hydrogens is 394 g/mol. The lowest BCUT2D eigenvalue weighted by Crippen LogP contribution is -2.44. The van der Waals surface area contributed by atoms with Crippen LogP contribution in [-0.2, 0) is 20.7 Å². The van der Waals surface area contributed by atoms with Crippen molar-refractivity contribution >= 4 is 17.5 Å². The minimum atomic E-state index is -0.162. The Kier molecular flexibility index (Phi) is 6.84. The predicted octanol–water partition coefficient (Wildman–Crippen LogP) is 2.45. The van der Waals surface area contributed by atoms with Gasteiger partial charge in [-0.3, -0.25) is 14.5 Å². The first-order valence-corrected chi connectivity index (χ1v) is 10.8. The van der Waals surface area contributed by atoms with Gasteiger partial charge in [0.05, 0.1) is 19.3 Å². The van der Waals surface area contributed by atoms with Crippen LogP contribution in [0, 0.1) is 6.92 Å². The fourth-order valence-corrected chi connectivity index (χ4v) is 3.91. The van der Waals surface area contributed by atoms with Crippen LogP contribution in [0.5, 0.6) is 5.75 Å². The summed E-state index contributed by atoms with van der Waals surface area (Å²) in [7, 11) is 0. The first-order chi connectivity index (χ1) is 15.1. The summed E-state index contributed by atoms with van der Waals surface area (Å²) >= 11 is 0. The number of hydrogen-bond acceptors (Lipinski definition) is 5. The standard InChI is InChI=1S/C24H29N3O4/c1-17-2-4-18(5-3-17)22(15-27-10-12-30-13-11-27)26-24(29)16-31-20-7-8-21-19(14-20)6-9-23(28)25-21/h2-5,7-8,14,22H,6,9-13,15-16H2,1H3,(H,25,28)(H,26,29)/t22-/m1/s1. The third-order valence-electron chi connectivity index (χ3n) is 5.70. The Morgan fingerprint density at radius 1 is 1.16 bits per heavy atom. The number of amides is 2. The van der Waals surface area contributed by atoms with E-state index >= 15 is 0 Å². The Labute approximate surface area is 182 Å². The Balaban J connectivity index is 1.37. The number of benzene rings is 2. The normalized spacial score (nSPS) is 17.4. The lowest BCUT2D eigenvalue weighted by Gasteiger charge is -2.31. The number of anilines is 1. The molecule has 0 saturated carbocycles. The quantitative estimate of drug-likeness (QED) is 0.715. The molecule has 1 atom stereocenters. The van der Waals surface area contributed by atoms with Gasteiger partial charge >= 0.3 is 0 Å². The fraction of sp³-hybridized carbons (Fsp3) is 0.417. The number of morpholine rings is 1. The molecule has 0 aromatic heterocycles. The number of rotatable bonds is 7. The van der Waals surface area contributed by atoms with Gasteiger partial charge in [-0.2, -0.15) is 0 Å². The molecule has 4 rings (SSSR count). The molecule has 7 heteroatoms. The number of carbonyl (C=O) groups is 2. The van der Waals surface area contributed by atoms with E-state index in [1.54, 1.807) is 6.07 Å². The zero-order valence-electron chi connectivity index (χ0n) is 17.9. The number of carbonyl (C=O) groups excluding carboxylic acids is 2. The predicted molar refractivity (Wildman–Crippen MR) is 118 cm³/mol. The van der Waals surface area contributed by atoms with Gasteiger partial charge in [0.25, 0.3) is 5.91 Å². The molecule has 1 fully saturated rings. The van der Waals surface area contributed by atoms with E-state index in [2.05, 4.69) is 46.7 Å². The summed E-state index contributed by atoms with van der Waals surface area (Å²) in [4.78, 5) is 26.5. The molecule has 164 valence electrons. The minimum Gasteiger partial charge on any atom is -0.484 e. The molecule has 0 unspecified atom stereocenters. The zero-order chi connectivity index (χ0) is 21.6. The van der Waals surface area contributed by atoms with Gasteiger partial charge in [0.1, 0.15) is 5.75 Å². The van der Waals surface area contributed by atoms with Gasteiger partial charge in [-0.05, 0) is 42.7 Å². The van der Waals surface area contributed by atoms with Crippen molar-refractivity contribution in [3.63, 3.8) is 0 Å². The second kappa shape index (κ2) is 9.94. The van der Waals surface area contributed by atoms with Crippen LogP contribution in [0.4, 0.5) is 5.69 Å². The maximum atomic E-state index is 12.7. The van der Waals surface area contributed by atoms with E-state index in [9.17, 15) is 9.59 Å². The van der Waals surface area contributed by atoms with Crippen LogP contribution in [0.3, 0.4) is 0 Å². The van der Waals surface area contributed by atoms with Crippen molar-refractivity contribution in [3.8, 4) is 5.75 Å². The van der Waals surface area contributed by atoms with E-state index in [1.165, 1.54) is 5.56 Å². The summed E-state index contributed by atoms with van der Waals surface area (Å²) in [6.45, 7) is 5.89. The lowest BCUT2D eigenvalue weighted by molar-refractivity contribution is -0.124. The molecule has 2 aliphatic heterocycles. The molecule has 2 heterocycles. The van der Waals surface area contributed by atoms with E-state index in [-0.39, 0.29) is 24.5 Å². The van der Waals surface area contributed by atoms with Crippen molar-refractivity contribution < 1.29 is 19.1 Å². The molecule has 2 amide bonds. The summed E-state index contributed by atoms with van der Waals surface area (Å²) in [5.41, 5.74) is 4.11. The van der Waals surface area contributed by atoms with Gasteiger partial charge < -0.3 is 20.1 Å². The average molecular weight is 424 g/mol. The number of aryl methyl sites for hydroxylation is 2. The van der Waals surface area contributed by atoms with Crippen molar-refractivity contribution in [2.75, 3.05) is 44.8 Å². The molecule has 31 heavy (non-hydrogen) atoms. The van der Waals surface area contributed by atoms with Crippen molar-refractivity contribution in [1.29, 1.82) is 0 Å². The van der Waals surface area contributed by atoms with Gasteiger partial charge in [-0.1, -0.05) is 29.8 Å². The SMILES string of the molecule is Cc1ccc([C@@H](CN2CCOCC2)NC(=O)COc2ccc3c(c2)CCC(=O)N3)cc1. The Hall–Kier alpha value is -2.90. The summed E-state index contributed by atoms with van der Waals surface area (Å²) in [5, 5.41) is 5.99. The highest BCUT2D eigenvalue weighted by atomic mass is 16.5. The molecule has 1 saturated heterocycles. The lowest BCUT2D eigenvalue weighted by atomic mass is 10.0. The molecule has 2 aliphatic rings. The molecule has 7 nitrogen and oxygen atoms in total. The average Bonchev–Trinajstić information content (AvgIpc) is 2.78. The first kappa shape index (κ1) is 21.3. The molecular formula is C24H29N3O4. The van der Waals surface area contributed by atoms with Crippen LogP contribution in [0.2, 0.25) is 0 Å². The fourth-order valence-electron chi connectivity index (χ4n) is 3.91. The molecule has 0 aliphatic carbocycles. The Morgan fingerprint density at radius 2 is 1.94 bits per heavy atom. The van der Waals surface area contributed by atoms with Crippen molar-refractivity contribution in [1.82, 2.24) is 10.2 Å². The van der Waals surface area contributed by atoms with E-state index in [0.29, 0.717) is 18.6 Å². The van der Waals surface area contributed by atoms with Crippen LogP contribution in [0.25, 0.3) is 0 Å². The molecule has 2 N–H and O–H groups in total. The van der Waals surface area contributed by atoms with Gasteiger partial charge in [0, 0.05) is 31.7 Å². The monoisotopic (exact) mass is 423 g/mol. The van der Waals surface area contributed by atoms with Crippen molar-refractivity contribution in [2.24, 2.45) is 0 Å². The topological polar surface area (TPSA) is 79.9 Å². The number of fused-ring (bicyclic) bond motifs is 1. The zero-order valence-corrected chi connectivity index (χ0v) is 17.9. The maximum Gasteiger partial charge on any atom is 0.258 e. The van der Waals surface area contributed by atoms with Crippen LogP contribution >= 0.6 is 0 Å². The second-order valence-electron chi connectivity index (χ2n) is 8.10. The summed E-state index contributed by atoms with van der Waals surface area (Å²) in [6.07, 6.45) is 1.15. The van der Waals surface area contributed by atoms with E-state index in [1.807, 2.05) is 12.1 Å². The molecule has 0 spiro atoms. The third-order valence-corrected chi connectivity index (χ3v) is 5.70. The van der Waals surface area contributed by atoms with Crippen molar-refractivity contribution in [3.05, 3.63) is 59.2 Å². The number of hydrogen-bond donors (Lipinski definition) is 2. The Bertz CT molecular complexity index is 923. The summed E-state index contributed by atoms with van der Waals surface area (Å²) in [5.74, 6) is 0.498. The third kappa shape index (κ3) is 5.83. The van der Waals surface area contributed by atoms with Crippen LogP contribution < -0.4 is 15.4 Å². The second-order valence-corrected chi connectivity index (χ2v) is 8.10. The molecule has 2 aromatic carbocycles. The first-order valence-electron chi connectivity index (χ1n) is 10.8. The number of nitrogens with zero attached hydrogens (tertiary/aromatic N) is 1. The summed E-state index contributed by atoms with van der Waals surface area (Å²) < 4.78 is 11.2. The van der Waals surface area contributed by atoms with Crippen LogP contribution in [-0.4, -0.2) is 56.2 Å². The van der Waals surface area contributed by atoms with E-state index < -0.39 is 0 Å². The Morgan fingerprint density at radius 3 is 2.71 bits per heavy atom. The van der Waals surface area contributed by atoms with Crippen LogP contribution in [0.15, 0.2) is 42.5 Å². The minimum absolute atomic E-state index is 0.0305. The van der Waals surface area contributed by atoms with Gasteiger partial charge in [-0.15, -0.1) is 0 Å². The van der Waals surface area contributed by atoms with Gasteiger partial charge in [0.15, 0.2) is 6.61 Å². The highest BCUT2D eigenvalue weighted by Gasteiger charge is 2.21. The highest BCUT2D eigenvalue weighted by Crippen LogP contribution is 2.26. The molecule has 2 aromatic rings. The van der Waals surface area contributed by atoms with E-state index in [4.69, 9.17) is 9.47 Å². The number of nitrogens with one attached hydrogen (secondary N) is 2. The maximum absolute atomic E-state index is 12.7. The largest absolute Gasteiger partial charge is 0.484 e.